The van der Waals surface area contributed by atoms with Gasteiger partial charge in [-0.3, -0.25) is 0 Å². The van der Waals surface area contributed by atoms with E-state index in [0.717, 1.165) is 30.0 Å². The van der Waals surface area contributed by atoms with E-state index in [0.29, 0.717) is 16.8 Å². The van der Waals surface area contributed by atoms with Crippen molar-refractivity contribution in [3.8, 4) is 0 Å². The van der Waals surface area contributed by atoms with Crippen molar-refractivity contribution >= 4 is 11.4 Å². The van der Waals surface area contributed by atoms with Crippen LogP contribution in [0.5, 0.6) is 0 Å². The summed E-state index contributed by atoms with van der Waals surface area (Å²) >= 11 is 0. The van der Waals surface area contributed by atoms with Gasteiger partial charge in [-0.25, -0.2) is 0 Å². The van der Waals surface area contributed by atoms with Gasteiger partial charge in [-0.1, -0.05) is 36.4 Å². The molecule has 3 aromatic rings. The molecule has 2 atom stereocenters. The molecule has 1 aliphatic heterocycles. The number of anilines is 2. The lowest BCUT2D eigenvalue weighted by Gasteiger charge is -2.41. The van der Waals surface area contributed by atoms with E-state index in [1.54, 1.807) is 31.2 Å². The average molecular weight is 450 g/mol. The summed E-state index contributed by atoms with van der Waals surface area (Å²) in [5.41, 5.74) is 0.934. The molecule has 0 amide bonds. The third-order valence-electron chi connectivity index (χ3n) is 5.70. The number of para-hydroxylation sites is 2. The third-order valence-corrected chi connectivity index (χ3v) is 5.70. The smallest absolute Gasteiger partial charge is 0.375 e. The summed E-state index contributed by atoms with van der Waals surface area (Å²) in [4.78, 5) is 1.92. The van der Waals surface area contributed by atoms with E-state index >= 15 is 0 Å². The molecule has 0 fully saturated rings. The highest BCUT2D eigenvalue weighted by molar-refractivity contribution is 5.73. The van der Waals surface area contributed by atoms with Gasteiger partial charge in [0.25, 0.3) is 0 Å². The first-order valence-electron chi connectivity index (χ1n) is 10.0. The Kier molecular flexibility index (Phi) is 5.56. The zero-order valence-corrected chi connectivity index (χ0v) is 17.0. The monoisotopic (exact) mass is 450 g/mol. The maximum Gasteiger partial charge on any atom is 0.416 e. The van der Waals surface area contributed by atoms with E-state index in [1.807, 2.05) is 17.0 Å². The van der Waals surface area contributed by atoms with Gasteiger partial charge in [0.1, 0.15) is 0 Å². The lowest BCUT2D eigenvalue weighted by Crippen LogP contribution is -2.38. The lowest BCUT2D eigenvalue weighted by molar-refractivity contribution is -0.138. The van der Waals surface area contributed by atoms with E-state index < -0.39 is 35.6 Å². The fourth-order valence-corrected chi connectivity index (χ4v) is 4.02. The first-order valence-corrected chi connectivity index (χ1v) is 10.0. The quantitative estimate of drug-likeness (QED) is 0.417. The SMILES string of the molecule is CC(c1cccc(C(F)(F)F)c1)N1CC(c2cccc(C(F)(F)F)c2)Nc2ccccc21. The van der Waals surface area contributed by atoms with Gasteiger partial charge in [0, 0.05) is 6.54 Å². The highest BCUT2D eigenvalue weighted by Crippen LogP contribution is 2.41. The molecule has 0 spiro atoms. The molecule has 4 rings (SSSR count). The third kappa shape index (κ3) is 4.40. The summed E-state index contributed by atoms with van der Waals surface area (Å²) in [6.45, 7) is 2.08. The molecular weight excluding hydrogens is 430 g/mol. The van der Waals surface area contributed by atoms with Crippen LogP contribution >= 0.6 is 0 Å². The van der Waals surface area contributed by atoms with Crippen LogP contribution in [0.15, 0.2) is 72.8 Å². The lowest BCUT2D eigenvalue weighted by atomic mass is 9.96. The molecule has 3 aromatic carbocycles. The number of rotatable bonds is 3. The largest absolute Gasteiger partial charge is 0.416 e. The molecule has 2 nitrogen and oxygen atoms in total. The summed E-state index contributed by atoms with van der Waals surface area (Å²) in [6.07, 6.45) is -8.93. The van der Waals surface area contributed by atoms with Gasteiger partial charge >= 0.3 is 12.4 Å². The van der Waals surface area contributed by atoms with Crippen LogP contribution < -0.4 is 10.2 Å². The zero-order chi connectivity index (χ0) is 23.1. The average Bonchev–Trinajstić information content (AvgIpc) is 2.77. The molecule has 8 heteroatoms. The number of hydrogen-bond donors (Lipinski definition) is 1. The van der Waals surface area contributed by atoms with Crippen LogP contribution in [0.4, 0.5) is 37.7 Å². The van der Waals surface area contributed by atoms with Crippen LogP contribution in [0.25, 0.3) is 0 Å². The molecule has 0 saturated heterocycles. The Balaban J connectivity index is 1.71. The number of alkyl halides is 6. The maximum absolute atomic E-state index is 13.2. The van der Waals surface area contributed by atoms with Gasteiger partial charge < -0.3 is 10.2 Å². The highest BCUT2D eigenvalue weighted by atomic mass is 19.4. The molecule has 1 aliphatic rings. The minimum Gasteiger partial charge on any atom is -0.375 e. The first-order chi connectivity index (χ1) is 15.0. The first kappa shape index (κ1) is 22.0. The molecule has 0 radical (unpaired) electrons. The van der Waals surface area contributed by atoms with Crippen LogP contribution in [-0.4, -0.2) is 6.54 Å². The van der Waals surface area contributed by atoms with Gasteiger partial charge in [0.2, 0.25) is 0 Å². The van der Waals surface area contributed by atoms with E-state index in [1.165, 1.54) is 12.1 Å². The van der Waals surface area contributed by atoms with Gasteiger partial charge in [0.15, 0.2) is 0 Å². The Labute approximate surface area is 181 Å². The number of benzene rings is 3. The molecule has 2 unspecified atom stereocenters. The Bertz CT molecular complexity index is 1110. The maximum atomic E-state index is 13.2. The molecule has 1 N–H and O–H groups in total. The summed E-state index contributed by atoms with van der Waals surface area (Å²) in [7, 11) is 0. The van der Waals surface area contributed by atoms with E-state index in [9.17, 15) is 26.3 Å². The molecule has 0 aromatic heterocycles. The second-order valence-corrected chi connectivity index (χ2v) is 7.79. The number of hydrogen-bond acceptors (Lipinski definition) is 2. The Hall–Kier alpha value is -3.16. The standard InChI is InChI=1S/C24H20F6N2/c1-15(16-6-4-8-18(12-16)23(25,26)27)32-14-21(31-20-10-2-3-11-22(20)32)17-7-5-9-19(13-17)24(28,29)30/h2-13,15,21,31H,14H2,1H3. The van der Waals surface area contributed by atoms with Crippen molar-refractivity contribution in [1.29, 1.82) is 0 Å². The zero-order valence-electron chi connectivity index (χ0n) is 17.0. The number of halogens is 6. The van der Waals surface area contributed by atoms with Gasteiger partial charge in [-0.15, -0.1) is 0 Å². The van der Waals surface area contributed by atoms with Crippen molar-refractivity contribution in [1.82, 2.24) is 0 Å². The Morgan fingerprint density at radius 1 is 0.812 bits per heavy atom. The summed E-state index contributed by atoms with van der Waals surface area (Å²) in [5, 5.41) is 3.27. The molecule has 1 heterocycles. The fourth-order valence-electron chi connectivity index (χ4n) is 4.02. The van der Waals surface area contributed by atoms with Gasteiger partial charge in [-0.2, -0.15) is 26.3 Å². The van der Waals surface area contributed by atoms with Crippen molar-refractivity contribution in [3.05, 3.63) is 95.1 Å². The van der Waals surface area contributed by atoms with Crippen LogP contribution in [0.1, 0.15) is 41.3 Å². The predicted octanol–water partition coefficient (Wildman–Crippen LogP) is 7.46. The van der Waals surface area contributed by atoms with Crippen molar-refractivity contribution in [3.63, 3.8) is 0 Å². The number of nitrogens with one attached hydrogen (secondary N) is 1. The topological polar surface area (TPSA) is 15.3 Å². The van der Waals surface area contributed by atoms with E-state index in [4.69, 9.17) is 0 Å². The summed E-state index contributed by atoms with van der Waals surface area (Å²) in [6, 6.07) is 16.6. The highest BCUT2D eigenvalue weighted by Gasteiger charge is 2.34. The second kappa shape index (κ2) is 8.07. The summed E-state index contributed by atoms with van der Waals surface area (Å²) < 4.78 is 79.3. The van der Waals surface area contributed by atoms with Gasteiger partial charge in [0.05, 0.1) is 34.6 Å². The molecule has 32 heavy (non-hydrogen) atoms. The Morgan fingerprint density at radius 2 is 1.44 bits per heavy atom. The normalized spacial score (nSPS) is 17.5. The van der Waals surface area contributed by atoms with Crippen molar-refractivity contribution in [2.24, 2.45) is 0 Å². The van der Waals surface area contributed by atoms with Crippen molar-refractivity contribution in [2.45, 2.75) is 31.4 Å². The summed E-state index contributed by atoms with van der Waals surface area (Å²) in [5.74, 6) is 0. The van der Waals surface area contributed by atoms with Crippen molar-refractivity contribution in [2.75, 3.05) is 16.8 Å². The van der Waals surface area contributed by atoms with Crippen LogP contribution in [0.2, 0.25) is 0 Å². The predicted molar refractivity (Wildman–Crippen MR) is 111 cm³/mol. The van der Waals surface area contributed by atoms with Crippen molar-refractivity contribution < 1.29 is 26.3 Å². The molecule has 168 valence electrons. The Morgan fingerprint density at radius 3 is 2.12 bits per heavy atom. The van der Waals surface area contributed by atoms with Crippen LogP contribution in [0.3, 0.4) is 0 Å². The number of nitrogens with zero attached hydrogens (tertiary/aromatic N) is 1. The fraction of sp³-hybridized carbons (Fsp3) is 0.250. The minimum absolute atomic E-state index is 0.287. The minimum atomic E-state index is -4.46. The number of fused-ring (bicyclic) bond motifs is 1. The molecule has 0 aliphatic carbocycles. The molecule has 0 saturated carbocycles. The van der Waals surface area contributed by atoms with Crippen LogP contribution in [-0.2, 0) is 12.4 Å². The van der Waals surface area contributed by atoms with Gasteiger partial charge in [-0.05, 0) is 54.4 Å². The van der Waals surface area contributed by atoms with E-state index in [2.05, 4.69) is 5.32 Å². The van der Waals surface area contributed by atoms with E-state index in [-0.39, 0.29) is 6.54 Å². The van der Waals surface area contributed by atoms with Crippen LogP contribution in [0, 0.1) is 0 Å². The molecular formula is C24H20F6N2. The molecule has 0 bridgehead atoms. The second-order valence-electron chi connectivity index (χ2n) is 7.79.